The molecule has 2 atom stereocenters. The number of rotatable bonds is 3. The van der Waals surface area contributed by atoms with Crippen LogP contribution in [0.2, 0.25) is 0 Å². The summed E-state index contributed by atoms with van der Waals surface area (Å²) in [7, 11) is 0. The van der Waals surface area contributed by atoms with Gasteiger partial charge in [0.05, 0.1) is 5.69 Å². The molecule has 0 bridgehead atoms. The summed E-state index contributed by atoms with van der Waals surface area (Å²) in [5.74, 6) is 1.46. The van der Waals surface area contributed by atoms with Gasteiger partial charge in [-0.1, -0.05) is 18.6 Å². The van der Waals surface area contributed by atoms with Crippen molar-refractivity contribution in [3.05, 3.63) is 36.2 Å². The molecule has 0 fully saturated rings. The van der Waals surface area contributed by atoms with E-state index in [9.17, 15) is 0 Å². The molecule has 1 aliphatic carbocycles. The van der Waals surface area contributed by atoms with E-state index in [1.807, 2.05) is 12.3 Å². The van der Waals surface area contributed by atoms with E-state index in [1.165, 1.54) is 18.4 Å². The quantitative estimate of drug-likeness (QED) is 0.782. The topological polar surface area (TPSA) is 24.9 Å². The Labute approximate surface area is 97.8 Å². The molecule has 0 radical (unpaired) electrons. The minimum atomic E-state index is 0.675. The first-order valence-corrected chi connectivity index (χ1v) is 6.08. The normalized spacial score (nSPS) is 25.0. The predicted molar refractivity (Wildman–Crippen MR) is 68.4 cm³/mol. The third-order valence-corrected chi connectivity index (χ3v) is 3.55. The fraction of sp³-hybridized carbons (Fsp3) is 0.500. The number of pyridine rings is 1. The highest BCUT2D eigenvalue weighted by Crippen LogP contribution is 2.30. The molecule has 2 rings (SSSR count). The molecule has 86 valence electrons. The molecular weight excluding hydrogens is 196 g/mol. The second-order valence-electron chi connectivity index (χ2n) is 4.73. The first-order valence-electron chi connectivity index (χ1n) is 6.08. The van der Waals surface area contributed by atoms with Gasteiger partial charge < -0.3 is 5.32 Å². The molecule has 1 heterocycles. The van der Waals surface area contributed by atoms with Crippen LogP contribution in [0.4, 0.5) is 5.69 Å². The summed E-state index contributed by atoms with van der Waals surface area (Å²) in [6, 6.07) is 4.04. The Morgan fingerprint density at radius 3 is 3.06 bits per heavy atom. The van der Waals surface area contributed by atoms with Gasteiger partial charge in [-0.15, -0.1) is 0 Å². The number of hydrogen-bond donors (Lipinski definition) is 1. The van der Waals surface area contributed by atoms with Crippen molar-refractivity contribution in [1.29, 1.82) is 0 Å². The lowest BCUT2D eigenvalue weighted by atomic mass is 9.80. The zero-order valence-corrected chi connectivity index (χ0v) is 10.1. The van der Waals surface area contributed by atoms with E-state index in [2.05, 4.69) is 36.3 Å². The van der Waals surface area contributed by atoms with Gasteiger partial charge >= 0.3 is 0 Å². The summed E-state index contributed by atoms with van der Waals surface area (Å²) in [6.45, 7) is 5.63. The standard InChI is InChI=1S/C14H20N2/c1-11-5-3-6-12(2)14(11)10-16-13-7-4-8-15-9-13/h4-5,7-9,12,14,16H,3,6,10H2,1-2H3/t12-,14-/m0/s1. The first-order chi connectivity index (χ1) is 7.77. The van der Waals surface area contributed by atoms with Crippen LogP contribution in [-0.2, 0) is 0 Å². The highest BCUT2D eigenvalue weighted by molar-refractivity contribution is 5.40. The van der Waals surface area contributed by atoms with Crippen molar-refractivity contribution >= 4 is 5.69 Å². The Hall–Kier alpha value is -1.31. The maximum Gasteiger partial charge on any atom is 0.0526 e. The van der Waals surface area contributed by atoms with Crippen LogP contribution >= 0.6 is 0 Å². The molecule has 0 unspecified atom stereocenters. The van der Waals surface area contributed by atoms with Crippen molar-refractivity contribution in [3.8, 4) is 0 Å². The van der Waals surface area contributed by atoms with Gasteiger partial charge in [0.2, 0.25) is 0 Å². The lowest BCUT2D eigenvalue weighted by molar-refractivity contribution is 0.381. The van der Waals surface area contributed by atoms with Crippen molar-refractivity contribution in [3.63, 3.8) is 0 Å². The molecule has 1 aromatic heterocycles. The molecule has 1 aromatic rings. The molecule has 0 saturated heterocycles. The maximum absolute atomic E-state index is 4.11. The molecule has 1 N–H and O–H groups in total. The predicted octanol–water partition coefficient (Wildman–Crippen LogP) is 3.49. The van der Waals surface area contributed by atoms with Gasteiger partial charge in [0.1, 0.15) is 0 Å². The molecule has 0 aliphatic heterocycles. The van der Waals surface area contributed by atoms with Crippen LogP contribution in [-0.4, -0.2) is 11.5 Å². The van der Waals surface area contributed by atoms with Crippen molar-refractivity contribution in [2.75, 3.05) is 11.9 Å². The first kappa shape index (κ1) is 11.2. The van der Waals surface area contributed by atoms with E-state index < -0.39 is 0 Å². The maximum atomic E-state index is 4.11. The Bertz CT molecular complexity index is 356. The second kappa shape index (κ2) is 5.15. The molecule has 0 amide bonds. The SMILES string of the molecule is CC1=CCC[C@H](C)[C@H]1CNc1cccnc1. The Kier molecular flexibility index (Phi) is 3.60. The van der Waals surface area contributed by atoms with Gasteiger partial charge in [-0.2, -0.15) is 0 Å². The monoisotopic (exact) mass is 216 g/mol. The summed E-state index contributed by atoms with van der Waals surface area (Å²) < 4.78 is 0. The largest absolute Gasteiger partial charge is 0.383 e. The average Bonchev–Trinajstić information content (AvgIpc) is 2.30. The van der Waals surface area contributed by atoms with Crippen LogP contribution in [0.3, 0.4) is 0 Å². The molecule has 16 heavy (non-hydrogen) atoms. The lowest BCUT2D eigenvalue weighted by Gasteiger charge is -2.29. The number of nitrogens with one attached hydrogen (secondary N) is 1. The van der Waals surface area contributed by atoms with Gasteiger partial charge in [0.15, 0.2) is 0 Å². The molecule has 2 nitrogen and oxygen atoms in total. The number of allylic oxidation sites excluding steroid dienone is 1. The van der Waals surface area contributed by atoms with Crippen LogP contribution in [0.25, 0.3) is 0 Å². The van der Waals surface area contributed by atoms with E-state index in [0.717, 1.165) is 18.2 Å². The number of hydrogen-bond acceptors (Lipinski definition) is 2. The van der Waals surface area contributed by atoms with Crippen LogP contribution in [0, 0.1) is 11.8 Å². The van der Waals surface area contributed by atoms with Gasteiger partial charge in [-0.3, -0.25) is 4.98 Å². The third kappa shape index (κ3) is 2.63. The van der Waals surface area contributed by atoms with Crippen molar-refractivity contribution < 1.29 is 0 Å². The van der Waals surface area contributed by atoms with Crippen LogP contribution in [0.5, 0.6) is 0 Å². The summed E-state index contributed by atoms with van der Waals surface area (Å²) in [5.41, 5.74) is 2.66. The molecule has 0 saturated carbocycles. The summed E-state index contributed by atoms with van der Waals surface area (Å²) in [6.07, 6.45) is 8.63. The highest BCUT2D eigenvalue weighted by Gasteiger charge is 2.21. The van der Waals surface area contributed by atoms with Crippen LogP contribution < -0.4 is 5.32 Å². The number of aromatic nitrogens is 1. The van der Waals surface area contributed by atoms with E-state index in [1.54, 1.807) is 6.20 Å². The third-order valence-electron chi connectivity index (χ3n) is 3.55. The molecular formula is C14H20N2. The van der Waals surface area contributed by atoms with E-state index >= 15 is 0 Å². The zero-order valence-electron chi connectivity index (χ0n) is 10.1. The molecule has 1 aliphatic rings. The Balaban J connectivity index is 1.94. The molecule has 0 spiro atoms. The Morgan fingerprint density at radius 2 is 2.38 bits per heavy atom. The van der Waals surface area contributed by atoms with E-state index in [-0.39, 0.29) is 0 Å². The Morgan fingerprint density at radius 1 is 1.50 bits per heavy atom. The van der Waals surface area contributed by atoms with E-state index in [4.69, 9.17) is 0 Å². The van der Waals surface area contributed by atoms with Gasteiger partial charge in [-0.25, -0.2) is 0 Å². The van der Waals surface area contributed by atoms with Crippen molar-refractivity contribution in [1.82, 2.24) is 4.98 Å². The van der Waals surface area contributed by atoms with Crippen LogP contribution in [0.15, 0.2) is 36.2 Å². The summed E-state index contributed by atoms with van der Waals surface area (Å²) in [4.78, 5) is 4.11. The van der Waals surface area contributed by atoms with Crippen molar-refractivity contribution in [2.45, 2.75) is 26.7 Å². The fourth-order valence-electron chi connectivity index (χ4n) is 2.43. The highest BCUT2D eigenvalue weighted by atomic mass is 14.9. The summed E-state index contributed by atoms with van der Waals surface area (Å²) >= 11 is 0. The number of nitrogens with zero attached hydrogens (tertiary/aromatic N) is 1. The number of anilines is 1. The van der Waals surface area contributed by atoms with Gasteiger partial charge in [0.25, 0.3) is 0 Å². The molecule has 0 aromatic carbocycles. The summed E-state index contributed by atoms with van der Waals surface area (Å²) in [5, 5.41) is 3.47. The van der Waals surface area contributed by atoms with Gasteiger partial charge in [-0.05, 0) is 43.7 Å². The van der Waals surface area contributed by atoms with Crippen LogP contribution in [0.1, 0.15) is 26.7 Å². The smallest absolute Gasteiger partial charge is 0.0526 e. The van der Waals surface area contributed by atoms with Crippen molar-refractivity contribution in [2.24, 2.45) is 11.8 Å². The van der Waals surface area contributed by atoms with E-state index in [0.29, 0.717) is 5.92 Å². The fourth-order valence-corrected chi connectivity index (χ4v) is 2.43. The average molecular weight is 216 g/mol. The zero-order chi connectivity index (χ0) is 11.4. The minimum absolute atomic E-state index is 0.675. The second-order valence-corrected chi connectivity index (χ2v) is 4.73. The minimum Gasteiger partial charge on any atom is -0.383 e. The lowest BCUT2D eigenvalue weighted by Crippen LogP contribution is -2.24. The molecule has 2 heteroatoms. The van der Waals surface area contributed by atoms with Gasteiger partial charge in [0, 0.05) is 18.9 Å².